The largest absolute Gasteiger partial charge is 0.350 e. The fourth-order valence-electron chi connectivity index (χ4n) is 3.36. The Balaban J connectivity index is 2.01. The van der Waals surface area contributed by atoms with Gasteiger partial charge in [-0.25, -0.2) is 0 Å². The lowest BCUT2D eigenvalue weighted by atomic mass is 10.0. The lowest BCUT2D eigenvalue weighted by molar-refractivity contribution is 0.642. The first kappa shape index (κ1) is 13.2. The molecule has 0 aromatic heterocycles. The molecule has 1 heterocycles. The van der Waals surface area contributed by atoms with Gasteiger partial charge in [-0.3, -0.25) is 5.32 Å². The van der Waals surface area contributed by atoms with E-state index in [2.05, 4.69) is 73.5 Å². The van der Waals surface area contributed by atoms with E-state index in [1.165, 1.54) is 27.9 Å². The van der Waals surface area contributed by atoms with Crippen LogP contribution in [0, 0.1) is 20.8 Å². The molecule has 0 amide bonds. The maximum absolute atomic E-state index is 3.62. The first-order chi connectivity index (χ1) is 9.66. The van der Waals surface area contributed by atoms with Gasteiger partial charge in [-0.15, -0.1) is 0 Å². The summed E-state index contributed by atoms with van der Waals surface area (Å²) in [4.78, 5) is 2.50. The lowest BCUT2D eigenvalue weighted by Gasteiger charge is -2.30. The Bertz CT molecular complexity index is 581. The summed E-state index contributed by atoms with van der Waals surface area (Å²) in [6.07, 6.45) is 0.288. The quantitative estimate of drug-likeness (QED) is 0.891. The smallest absolute Gasteiger partial charge is 0.106 e. The molecule has 0 bridgehead atoms. The minimum Gasteiger partial charge on any atom is -0.350 e. The van der Waals surface area contributed by atoms with Crippen LogP contribution in [0.1, 0.15) is 28.4 Å². The summed E-state index contributed by atoms with van der Waals surface area (Å²) in [6, 6.07) is 15.3. The summed E-state index contributed by atoms with van der Waals surface area (Å²) in [7, 11) is 0. The van der Waals surface area contributed by atoms with Crippen LogP contribution in [-0.2, 0) is 0 Å². The van der Waals surface area contributed by atoms with Crippen LogP contribution in [0.2, 0.25) is 0 Å². The van der Waals surface area contributed by atoms with Gasteiger partial charge >= 0.3 is 0 Å². The Morgan fingerprint density at radius 3 is 2.30 bits per heavy atom. The van der Waals surface area contributed by atoms with Gasteiger partial charge < -0.3 is 4.90 Å². The van der Waals surface area contributed by atoms with Crippen molar-refractivity contribution >= 4 is 5.69 Å². The lowest BCUT2D eigenvalue weighted by Crippen LogP contribution is -2.28. The van der Waals surface area contributed by atoms with E-state index < -0.39 is 0 Å². The fourth-order valence-corrected chi connectivity index (χ4v) is 3.36. The maximum Gasteiger partial charge on any atom is 0.106 e. The molecule has 20 heavy (non-hydrogen) atoms. The Morgan fingerprint density at radius 1 is 1.00 bits per heavy atom. The Morgan fingerprint density at radius 2 is 1.65 bits per heavy atom. The van der Waals surface area contributed by atoms with E-state index in [0.717, 1.165) is 13.1 Å². The highest BCUT2D eigenvalue weighted by atomic mass is 15.3. The molecular weight excluding hydrogens is 244 g/mol. The highest BCUT2D eigenvalue weighted by Gasteiger charge is 2.27. The number of hydrogen-bond acceptors (Lipinski definition) is 2. The summed E-state index contributed by atoms with van der Waals surface area (Å²) >= 11 is 0. The van der Waals surface area contributed by atoms with Gasteiger partial charge in [-0.2, -0.15) is 0 Å². The van der Waals surface area contributed by atoms with Gasteiger partial charge in [0, 0.05) is 18.8 Å². The molecule has 0 aliphatic carbocycles. The Hall–Kier alpha value is -1.80. The molecule has 2 nitrogen and oxygen atoms in total. The van der Waals surface area contributed by atoms with Gasteiger partial charge in [0.2, 0.25) is 0 Å². The number of hydrogen-bond donors (Lipinski definition) is 1. The third kappa shape index (κ3) is 2.32. The van der Waals surface area contributed by atoms with Crippen LogP contribution in [0.15, 0.2) is 42.5 Å². The monoisotopic (exact) mass is 266 g/mol. The van der Waals surface area contributed by atoms with Gasteiger partial charge in [-0.1, -0.05) is 48.0 Å². The van der Waals surface area contributed by atoms with Crippen molar-refractivity contribution in [1.29, 1.82) is 0 Å². The summed E-state index contributed by atoms with van der Waals surface area (Å²) < 4.78 is 0. The van der Waals surface area contributed by atoms with Gasteiger partial charge in [0.1, 0.15) is 6.17 Å². The molecule has 3 rings (SSSR count). The zero-order valence-electron chi connectivity index (χ0n) is 12.5. The van der Waals surface area contributed by atoms with E-state index in [4.69, 9.17) is 0 Å². The topological polar surface area (TPSA) is 15.3 Å². The molecule has 2 aromatic carbocycles. The molecule has 0 saturated carbocycles. The second-order valence-corrected chi connectivity index (χ2v) is 5.71. The van der Waals surface area contributed by atoms with Gasteiger partial charge in [0.15, 0.2) is 0 Å². The minimum absolute atomic E-state index is 0.288. The van der Waals surface area contributed by atoms with E-state index in [1.54, 1.807) is 0 Å². The van der Waals surface area contributed by atoms with Gasteiger partial charge in [0.05, 0.1) is 0 Å². The summed E-state index contributed by atoms with van der Waals surface area (Å²) in [5.74, 6) is 0. The van der Waals surface area contributed by atoms with E-state index in [0.29, 0.717) is 0 Å². The van der Waals surface area contributed by atoms with Crippen LogP contribution < -0.4 is 10.2 Å². The number of benzene rings is 2. The summed E-state index contributed by atoms with van der Waals surface area (Å²) in [5, 5.41) is 3.62. The van der Waals surface area contributed by atoms with E-state index in [-0.39, 0.29) is 6.17 Å². The molecule has 1 aliphatic heterocycles. The zero-order chi connectivity index (χ0) is 14.1. The molecule has 1 atom stereocenters. The van der Waals surface area contributed by atoms with E-state index in [9.17, 15) is 0 Å². The first-order valence-corrected chi connectivity index (χ1v) is 7.29. The minimum atomic E-state index is 0.288. The molecule has 1 saturated heterocycles. The Labute approximate surface area is 121 Å². The molecule has 104 valence electrons. The number of nitrogens with zero attached hydrogens (tertiary/aromatic N) is 1. The van der Waals surface area contributed by atoms with Crippen molar-refractivity contribution in [3.63, 3.8) is 0 Å². The average Bonchev–Trinajstić information content (AvgIpc) is 2.87. The molecule has 1 fully saturated rings. The first-order valence-electron chi connectivity index (χ1n) is 7.29. The second-order valence-electron chi connectivity index (χ2n) is 5.71. The molecule has 1 N–H and O–H groups in total. The van der Waals surface area contributed by atoms with Crippen LogP contribution in [0.3, 0.4) is 0 Å². The van der Waals surface area contributed by atoms with Crippen molar-refractivity contribution < 1.29 is 0 Å². The highest BCUT2D eigenvalue weighted by molar-refractivity contribution is 5.62. The van der Waals surface area contributed by atoms with E-state index in [1.807, 2.05) is 0 Å². The van der Waals surface area contributed by atoms with Crippen molar-refractivity contribution in [2.75, 3.05) is 18.0 Å². The zero-order valence-corrected chi connectivity index (χ0v) is 12.5. The third-order valence-corrected chi connectivity index (χ3v) is 4.04. The van der Waals surface area contributed by atoms with E-state index >= 15 is 0 Å². The van der Waals surface area contributed by atoms with Crippen molar-refractivity contribution in [3.05, 3.63) is 64.7 Å². The predicted molar refractivity (Wildman–Crippen MR) is 85.2 cm³/mol. The SMILES string of the molecule is Cc1cc(C)c(N2CCNC2c2ccccc2)c(C)c1. The molecule has 0 radical (unpaired) electrons. The van der Waals surface area contributed by atoms with Crippen LogP contribution in [-0.4, -0.2) is 13.1 Å². The standard InChI is InChI=1S/C18H22N2/c1-13-11-14(2)17(15(3)12-13)20-10-9-19-18(20)16-7-5-4-6-8-16/h4-8,11-12,18-19H,9-10H2,1-3H3. The van der Waals surface area contributed by atoms with Crippen molar-refractivity contribution in [2.45, 2.75) is 26.9 Å². The predicted octanol–water partition coefficient (Wildman–Crippen LogP) is 3.72. The van der Waals surface area contributed by atoms with Crippen LogP contribution >= 0.6 is 0 Å². The Kier molecular flexibility index (Phi) is 3.49. The van der Waals surface area contributed by atoms with Gasteiger partial charge in [-0.05, 0) is 37.5 Å². The normalized spacial score (nSPS) is 18.6. The van der Waals surface area contributed by atoms with Crippen LogP contribution in [0.25, 0.3) is 0 Å². The number of nitrogens with one attached hydrogen (secondary N) is 1. The summed E-state index contributed by atoms with van der Waals surface area (Å²) in [5.41, 5.74) is 6.80. The molecule has 2 heteroatoms. The molecule has 1 aliphatic rings. The highest BCUT2D eigenvalue weighted by Crippen LogP contribution is 2.33. The fraction of sp³-hybridized carbons (Fsp3) is 0.333. The van der Waals surface area contributed by atoms with Crippen LogP contribution in [0.4, 0.5) is 5.69 Å². The van der Waals surface area contributed by atoms with Crippen molar-refractivity contribution in [2.24, 2.45) is 0 Å². The maximum atomic E-state index is 3.62. The molecule has 0 spiro atoms. The number of rotatable bonds is 2. The average molecular weight is 266 g/mol. The number of aryl methyl sites for hydroxylation is 3. The van der Waals surface area contributed by atoms with Crippen molar-refractivity contribution in [3.8, 4) is 0 Å². The van der Waals surface area contributed by atoms with Crippen molar-refractivity contribution in [1.82, 2.24) is 5.32 Å². The molecule has 1 unspecified atom stereocenters. The summed E-state index contributed by atoms with van der Waals surface area (Å²) in [6.45, 7) is 8.70. The molecular formula is C18H22N2. The second kappa shape index (κ2) is 5.29. The van der Waals surface area contributed by atoms with Crippen LogP contribution in [0.5, 0.6) is 0 Å². The van der Waals surface area contributed by atoms with Gasteiger partial charge in [0.25, 0.3) is 0 Å². The third-order valence-electron chi connectivity index (χ3n) is 4.04. The number of anilines is 1. The molecule has 2 aromatic rings.